The molecule has 1 aliphatic heterocycles. The first-order valence-corrected chi connectivity index (χ1v) is 10.3. The van der Waals surface area contributed by atoms with Crippen molar-refractivity contribution < 1.29 is 4.79 Å². The minimum Gasteiger partial charge on any atom is -0.323 e. The van der Waals surface area contributed by atoms with E-state index in [-0.39, 0.29) is 11.8 Å². The molecule has 5 heteroatoms. The molecule has 25 heavy (non-hydrogen) atoms. The zero-order valence-corrected chi connectivity index (χ0v) is 15.5. The van der Waals surface area contributed by atoms with Gasteiger partial charge in [-0.05, 0) is 25.7 Å². The average molecular weight is 345 g/mol. The molecule has 0 spiro atoms. The third kappa shape index (κ3) is 3.76. The number of carbonyl (C=O) groups is 1. The van der Waals surface area contributed by atoms with Gasteiger partial charge >= 0.3 is 0 Å². The van der Waals surface area contributed by atoms with Crippen molar-refractivity contribution in [3.63, 3.8) is 0 Å². The van der Waals surface area contributed by atoms with Crippen LogP contribution in [0.25, 0.3) is 0 Å². The van der Waals surface area contributed by atoms with Crippen molar-refractivity contribution >= 4 is 11.6 Å². The Bertz CT molecular complexity index is 593. The number of nitrogens with zero attached hydrogens (tertiary/aromatic N) is 3. The molecule has 0 unspecified atom stereocenters. The molecule has 0 atom stereocenters. The van der Waals surface area contributed by atoms with Crippen LogP contribution in [0.15, 0.2) is 6.20 Å². The molecule has 5 nitrogen and oxygen atoms in total. The van der Waals surface area contributed by atoms with Crippen molar-refractivity contribution in [2.45, 2.75) is 76.2 Å². The van der Waals surface area contributed by atoms with Crippen LogP contribution in [-0.2, 0) is 11.8 Å². The lowest BCUT2D eigenvalue weighted by Gasteiger charge is -2.45. The van der Waals surface area contributed by atoms with E-state index in [9.17, 15) is 4.79 Å². The number of rotatable bonds is 4. The molecule has 3 aliphatic rings. The average Bonchev–Trinajstić information content (AvgIpc) is 2.95. The summed E-state index contributed by atoms with van der Waals surface area (Å²) in [6.07, 6.45) is 15.1. The van der Waals surface area contributed by atoms with E-state index in [0.717, 1.165) is 30.5 Å². The topological polar surface area (TPSA) is 50.2 Å². The van der Waals surface area contributed by atoms with Gasteiger partial charge in [0.05, 0.1) is 17.3 Å². The molecule has 2 aliphatic carbocycles. The smallest absolute Gasteiger partial charge is 0.230 e. The highest BCUT2D eigenvalue weighted by molar-refractivity contribution is 5.94. The molecule has 2 heterocycles. The summed E-state index contributed by atoms with van der Waals surface area (Å²) in [6, 6.07) is 0.731. The molecule has 1 amide bonds. The van der Waals surface area contributed by atoms with Crippen molar-refractivity contribution in [2.24, 2.45) is 13.0 Å². The van der Waals surface area contributed by atoms with E-state index in [1.807, 2.05) is 17.9 Å². The van der Waals surface area contributed by atoms with Gasteiger partial charge in [-0.2, -0.15) is 5.10 Å². The number of likely N-dealkylation sites (tertiary alicyclic amines) is 1. The molecule has 3 fully saturated rings. The Labute approximate surface area is 151 Å². The first-order chi connectivity index (χ1) is 12.2. The molecule has 0 radical (unpaired) electrons. The number of hydrogen-bond acceptors (Lipinski definition) is 3. The molecule has 138 valence electrons. The van der Waals surface area contributed by atoms with Gasteiger partial charge in [-0.25, -0.2) is 0 Å². The van der Waals surface area contributed by atoms with Crippen molar-refractivity contribution in [3.05, 3.63) is 11.9 Å². The Morgan fingerprint density at radius 3 is 2.36 bits per heavy atom. The van der Waals surface area contributed by atoms with E-state index >= 15 is 0 Å². The summed E-state index contributed by atoms with van der Waals surface area (Å²) >= 11 is 0. The third-order valence-corrected chi connectivity index (χ3v) is 6.48. The lowest BCUT2D eigenvalue weighted by atomic mass is 9.86. The summed E-state index contributed by atoms with van der Waals surface area (Å²) in [4.78, 5) is 15.2. The summed E-state index contributed by atoms with van der Waals surface area (Å²) in [5.74, 6) is 0.865. The number of nitrogens with one attached hydrogen (secondary N) is 1. The van der Waals surface area contributed by atoms with E-state index < -0.39 is 0 Å². The number of aryl methyl sites for hydroxylation is 1. The molecule has 0 aromatic carbocycles. The maximum atomic E-state index is 12.7. The Morgan fingerprint density at radius 1 is 1.04 bits per heavy atom. The fraction of sp³-hybridized carbons (Fsp3) is 0.800. The second-order valence-electron chi connectivity index (χ2n) is 8.37. The molecule has 2 saturated carbocycles. The highest BCUT2D eigenvalue weighted by Crippen LogP contribution is 2.36. The zero-order valence-electron chi connectivity index (χ0n) is 15.5. The van der Waals surface area contributed by atoms with Crippen molar-refractivity contribution in [2.75, 3.05) is 18.4 Å². The lowest BCUT2D eigenvalue weighted by Crippen LogP contribution is -2.56. The van der Waals surface area contributed by atoms with Gasteiger partial charge in [0.2, 0.25) is 5.91 Å². The number of amides is 1. The number of carbonyl (C=O) groups excluding carboxylic acids is 1. The lowest BCUT2D eigenvalue weighted by molar-refractivity contribution is -0.126. The van der Waals surface area contributed by atoms with Crippen LogP contribution in [-0.4, -0.2) is 39.7 Å². The van der Waals surface area contributed by atoms with Crippen LogP contribution >= 0.6 is 0 Å². The summed E-state index contributed by atoms with van der Waals surface area (Å²) in [5.41, 5.74) is 2.06. The monoisotopic (exact) mass is 344 g/mol. The maximum absolute atomic E-state index is 12.7. The van der Waals surface area contributed by atoms with Crippen LogP contribution in [0.4, 0.5) is 5.69 Å². The fourth-order valence-corrected chi connectivity index (χ4v) is 4.94. The van der Waals surface area contributed by atoms with E-state index in [2.05, 4.69) is 15.3 Å². The second kappa shape index (κ2) is 7.48. The minimum absolute atomic E-state index is 0.154. The van der Waals surface area contributed by atoms with Crippen molar-refractivity contribution in [3.8, 4) is 0 Å². The maximum Gasteiger partial charge on any atom is 0.230 e. The van der Waals surface area contributed by atoms with Gasteiger partial charge < -0.3 is 5.32 Å². The van der Waals surface area contributed by atoms with Gasteiger partial charge in [-0.15, -0.1) is 0 Å². The fourth-order valence-electron chi connectivity index (χ4n) is 4.94. The Kier molecular flexibility index (Phi) is 5.11. The summed E-state index contributed by atoms with van der Waals surface area (Å²) in [5, 5.41) is 7.88. The Balaban J connectivity index is 1.34. The standard InChI is InChI=1S/C20H32N4O/c1-23-14-18(19(22-23)15-8-4-2-5-9-15)21-20(25)16-12-24(13-16)17-10-6-3-7-11-17/h14-17H,2-13H2,1H3,(H,21,25). The highest BCUT2D eigenvalue weighted by atomic mass is 16.2. The van der Waals surface area contributed by atoms with E-state index in [4.69, 9.17) is 0 Å². The number of hydrogen-bond donors (Lipinski definition) is 1. The quantitative estimate of drug-likeness (QED) is 0.906. The summed E-state index contributed by atoms with van der Waals surface area (Å²) < 4.78 is 1.86. The normalized spacial score (nSPS) is 24.2. The predicted octanol–water partition coefficient (Wildman–Crippen LogP) is 3.67. The summed E-state index contributed by atoms with van der Waals surface area (Å²) in [7, 11) is 1.95. The third-order valence-electron chi connectivity index (χ3n) is 6.48. The van der Waals surface area contributed by atoms with Crippen LogP contribution in [0.1, 0.15) is 75.8 Å². The van der Waals surface area contributed by atoms with Crippen LogP contribution < -0.4 is 5.32 Å². The van der Waals surface area contributed by atoms with Crippen LogP contribution in [0.3, 0.4) is 0 Å². The van der Waals surface area contributed by atoms with Gasteiger partial charge in [0.1, 0.15) is 0 Å². The van der Waals surface area contributed by atoms with Gasteiger partial charge in [-0.1, -0.05) is 38.5 Å². The molecule has 1 aromatic heterocycles. The Hall–Kier alpha value is -1.36. The van der Waals surface area contributed by atoms with Gasteiger partial charge in [0, 0.05) is 38.3 Å². The molecule has 0 bridgehead atoms. The molecule has 1 N–H and O–H groups in total. The minimum atomic E-state index is 0.154. The predicted molar refractivity (Wildman–Crippen MR) is 99.6 cm³/mol. The van der Waals surface area contributed by atoms with Crippen molar-refractivity contribution in [1.29, 1.82) is 0 Å². The summed E-state index contributed by atoms with van der Waals surface area (Å²) in [6.45, 7) is 1.88. The van der Waals surface area contributed by atoms with Gasteiger partial charge in [-0.3, -0.25) is 14.4 Å². The Morgan fingerprint density at radius 2 is 1.68 bits per heavy atom. The largest absolute Gasteiger partial charge is 0.323 e. The van der Waals surface area contributed by atoms with Crippen LogP contribution in [0.5, 0.6) is 0 Å². The van der Waals surface area contributed by atoms with E-state index in [1.165, 1.54) is 64.2 Å². The first-order valence-electron chi connectivity index (χ1n) is 10.3. The zero-order chi connectivity index (χ0) is 17.2. The number of aromatic nitrogens is 2. The van der Waals surface area contributed by atoms with E-state index in [1.54, 1.807) is 0 Å². The van der Waals surface area contributed by atoms with Crippen LogP contribution in [0.2, 0.25) is 0 Å². The highest BCUT2D eigenvalue weighted by Gasteiger charge is 2.37. The van der Waals surface area contributed by atoms with Crippen molar-refractivity contribution in [1.82, 2.24) is 14.7 Å². The van der Waals surface area contributed by atoms with Crippen LogP contribution in [0, 0.1) is 5.92 Å². The molecule has 1 aromatic rings. The van der Waals surface area contributed by atoms with E-state index in [0.29, 0.717) is 5.92 Å². The molecular formula is C20H32N4O. The first kappa shape index (κ1) is 17.1. The van der Waals surface area contributed by atoms with Gasteiger partial charge in [0.25, 0.3) is 0 Å². The molecule has 1 saturated heterocycles. The molecule has 4 rings (SSSR count). The van der Waals surface area contributed by atoms with Gasteiger partial charge in [0.15, 0.2) is 0 Å². The molecular weight excluding hydrogens is 312 g/mol. The second-order valence-corrected chi connectivity index (χ2v) is 8.37. The number of anilines is 1. The SMILES string of the molecule is Cn1cc(NC(=O)C2CN(C3CCCCC3)C2)c(C2CCCCC2)n1.